The second-order valence-corrected chi connectivity index (χ2v) is 5.03. The van der Waals surface area contributed by atoms with Gasteiger partial charge in [-0.25, -0.2) is 9.59 Å². The maximum Gasteiger partial charge on any atom is 0.326 e. The van der Waals surface area contributed by atoms with Crippen LogP contribution >= 0.6 is 0 Å². The van der Waals surface area contributed by atoms with E-state index in [0.29, 0.717) is 6.42 Å². The third-order valence-electron chi connectivity index (χ3n) is 3.47. The first-order valence-corrected chi connectivity index (χ1v) is 7.09. The fourth-order valence-corrected chi connectivity index (χ4v) is 2.34. The molecule has 0 aliphatic carbocycles. The predicted molar refractivity (Wildman–Crippen MR) is 73.1 cm³/mol. The molecule has 0 aromatic carbocycles. The molecule has 6 heteroatoms. The van der Waals surface area contributed by atoms with Crippen LogP contribution in [0.25, 0.3) is 0 Å². The molecule has 1 heterocycles. The number of carbonyl (C=O) groups excluding carboxylic acids is 1. The summed E-state index contributed by atoms with van der Waals surface area (Å²) in [6.45, 7) is 7.00. The molecule has 0 spiro atoms. The van der Waals surface area contributed by atoms with Gasteiger partial charge in [-0.1, -0.05) is 13.8 Å². The summed E-state index contributed by atoms with van der Waals surface area (Å²) < 4.78 is 0. The minimum Gasteiger partial charge on any atom is -0.480 e. The molecule has 0 radical (unpaired) electrons. The van der Waals surface area contributed by atoms with Crippen molar-refractivity contribution in [2.45, 2.75) is 51.6 Å². The number of hydrogen-bond donors (Lipinski definition) is 3. The second kappa shape index (κ2) is 7.99. The standard InChI is InChI=1S/C13H25N3O3/c1-3-7-16-8-5-10(6-9-16)14-13(19)15-11(4-2)12(17)18/h10-11H,3-9H2,1-2H3,(H,17,18)(H2,14,15,19). The predicted octanol–water partition coefficient (Wildman–Crippen LogP) is 1.02. The van der Waals surface area contributed by atoms with Gasteiger partial charge in [-0.05, 0) is 32.2 Å². The van der Waals surface area contributed by atoms with Gasteiger partial charge in [0.05, 0.1) is 0 Å². The topological polar surface area (TPSA) is 81.7 Å². The van der Waals surface area contributed by atoms with Gasteiger partial charge < -0.3 is 20.6 Å². The summed E-state index contributed by atoms with van der Waals surface area (Å²) in [5.74, 6) is -0.990. The highest BCUT2D eigenvalue weighted by molar-refractivity contribution is 5.82. The fraction of sp³-hybridized carbons (Fsp3) is 0.846. The number of rotatable bonds is 6. The van der Waals surface area contributed by atoms with E-state index in [0.717, 1.165) is 38.9 Å². The molecule has 0 aromatic rings. The summed E-state index contributed by atoms with van der Waals surface area (Å²) in [5, 5.41) is 14.2. The first kappa shape index (κ1) is 15.8. The zero-order valence-corrected chi connectivity index (χ0v) is 11.8. The Labute approximate surface area is 114 Å². The maximum atomic E-state index is 11.7. The van der Waals surface area contributed by atoms with Crippen molar-refractivity contribution in [3.05, 3.63) is 0 Å². The van der Waals surface area contributed by atoms with Crippen molar-refractivity contribution in [1.82, 2.24) is 15.5 Å². The van der Waals surface area contributed by atoms with E-state index in [1.54, 1.807) is 6.92 Å². The first-order valence-electron chi connectivity index (χ1n) is 7.09. The Kier molecular flexibility index (Phi) is 6.62. The minimum absolute atomic E-state index is 0.152. The van der Waals surface area contributed by atoms with Crippen molar-refractivity contribution in [1.29, 1.82) is 0 Å². The summed E-state index contributed by atoms with van der Waals surface area (Å²) in [6.07, 6.45) is 3.39. The number of nitrogens with one attached hydrogen (secondary N) is 2. The summed E-state index contributed by atoms with van der Waals surface area (Å²) in [6, 6.07) is -1.03. The lowest BCUT2D eigenvalue weighted by Gasteiger charge is -2.32. The number of carboxylic acid groups (broad SMARTS) is 1. The monoisotopic (exact) mass is 271 g/mol. The third kappa shape index (κ3) is 5.46. The molecule has 0 saturated carbocycles. The van der Waals surface area contributed by atoms with E-state index >= 15 is 0 Å². The quantitative estimate of drug-likeness (QED) is 0.674. The van der Waals surface area contributed by atoms with Crippen molar-refractivity contribution >= 4 is 12.0 Å². The van der Waals surface area contributed by atoms with Gasteiger partial charge in [0.1, 0.15) is 6.04 Å². The van der Waals surface area contributed by atoms with Gasteiger partial charge in [-0.2, -0.15) is 0 Å². The molecular weight excluding hydrogens is 246 g/mol. The van der Waals surface area contributed by atoms with Crippen LogP contribution in [-0.2, 0) is 4.79 Å². The van der Waals surface area contributed by atoms with E-state index in [9.17, 15) is 9.59 Å². The third-order valence-corrected chi connectivity index (χ3v) is 3.47. The average molecular weight is 271 g/mol. The molecule has 6 nitrogen and oxygen atoms in total. The molecule has 1 saturated heterocycles. The fourth-order valence-electron chi connectivity index (χ4n) is 2.34. The van der Waals surface area contributed by atoms with Crippen LogP contribution in [0.15, 0.2) is 0 Å². The Morgan fingerprint density at radius 2 is 1.95 bits per heavy atom. The number of nitrogens with zero attached hydrogens (tertiary/aromatic N) is 1. The van der Waals surface area contributed by atoms with Crippen molar-refractivity contribution in [3.63, 3.8) is 0 Å². The van der Waals surface area contributed by atoms with E-state index in [1.165, 1.54) is 0 Å². The number of likely N-dealkylation sites (tertiary alicyclic amines) is 1. The summed E-state index contributed by atoms with van der Waals surface area (Å²) in [5.41, 5.74) is 0. The van der Waals surface area contributed by atoms with Crippen molar-refractivity contribution in [2.75, 3.05) is 19.6 Å². The largest absolute Gasteiger partial charge is 0.480 e. The number of piperidine rings is 1. The van der Waals surface area contributed by atoms with Gasteiger partial charge in [0.25, 0.3) is 0 Å². The molecule has 2 amide bonds. The minimum atomic E-state index is -0.990. The summed E-state index contributed by atoms with van der Waals surface area (Å²) in [4.78, 5) is 24.9. The second-order valence-electron chi connectivity index (χ2n) is 5.03. The van der Waals surface area contributed by atoms with Crippen LogP contribution in [-0.4, -0.2) is 53.7 Å². The van der Waals surface area contributed by atoms with Crippen LogP contribution in [0.3, 0.4) is 0 Å². The molecule has 1 fully saturated rings. The number of amides is 2. The van der Waals surface area contributed by atoms with Gasteiger partial charge in [0, 0.05) is 19.1 Å². The van der Waals surface area contributed by atoms with E-state index in [-0.39, 0.29) is 12.1 Å². The highest BCUT2D eigenvalue weighted by atomic mass is 16.4. The van der Waals surface area contributed by atoms with E-state index < -0.39 is 12.0 Å². The van der Waals surface area contributed by atoms with Crippen LogP contribution in [0.5, 0.6) is 0 Å². The van der Waals surface area contributed by atoms with Crippen LogP contribution in [0.1, 0.15) is 39.5 Å². The van der Waals surface area contributed by atoms with Crippen LogP contribution in [0.2, 0.25) is 0 Å². The molecule has 1 aliphatic heterocycles. The van der Waals surface area contributed by atoms with Crippen molar-refractivity contribution < 1.29 is 14.7 Å². The molecule has 0 aromatic heterocycles. The number of aliphatic carboxylic acids is 1. The van der Waals surface area contributed by atoms with Crippen molar-refractivity contribution in [3.8, 4) is 0 Å². The van der Waals surface area contributed by atoms with Crippen LogP contribution in [0, 0.1) is 0 Å². The molecule has 3 N–H and O–H groups in total. The van der Waals surface area contributed by atoms with Crippen LogP contribution in [0.4, 0.5) is 4.79 Å². The molecule has 110 valence electrons. The highest BCUT2D eigenvalue weighted by Crippen LogP contribution is 2.10. The van der Waals surface area contributed by atoms with E-state index in [2.05, 4.69) is 22.5 Å². The number of urea groups is 1. The molecular formula is C13H25N3O3. The zero-order valence-electron chi connectivity index (χ0n) is 11.8. The molecule has 1 atom stereocenters. The van der Waals surface area contributed by atoms with Crippen LogP contribution < -0.4 is 10.6 Å². The lowest BCUT2D eigenvalue weighted by atomic mass is 10.1. The van der Waals surface area contributed by atoms with E-state index in [4.69, 9.17) is 5.11 Å². The Balaban J connectivity index is 2.28. The number of hydrogen-bond acceptors (Lipinski definition) is 3. The number of carbonyl (C=O) groups is 2. The molecule has 1 aliphatic rings. The van der Waals surface area contributed by atoms with E-state index in [1.807, 2.05) is 0 Å². The Bertz CT molecular complexity index is 302. The molecule has 0 bridgehead atoms. The maximum absolute atomic E-state index is 11.7. The van der Waals surface area contributed by atoms with Gasteiger partial charge in [-0.15, -0.1) is 0 Å². The normalized spacial score (nSPS) is 18.8. The van der Waals surface area contributed by atoms with Crippen molar-refractivity contribution in [2.24, 2.45) is 0 Å². The average Bonchev–Trinajstić information content (AvgIpc) is 2.38. The lowest BCUT2D eigenvalue weighted by molar-refractivity contribution is -0.139. The molecule has 19 heavy (non-hydrogen) atoms. The van der Waals surface area contributed by atoms with Gasteiger partial charge in [0.2, 0.25) is 0 Å². The highest BCUT2D eigenvalue weighted by Gasteiger charge is 2.22. The Morgan fingerprint density at radius 3 is 2.42 bits per heavy atom. The first-order chi connectivity index (χ1) is 9.06. The zero-order chi connectivity index (χ0) is 14.3. The van der Waals surface area contributed by atoms with Gasteiger partial charge in [0.15, 0.2) is 0 Å². The Hall–Kier alpha value is -1.30. The SMILES string of the molecule is CCCN1CCC(NC(=O)NC(CC)C(=O)O)CC1. The van der Waals surface area contributed by atoms with Gasteiger partial charge in [-0.3, -0.25) is 0 Å². The summed E-state index contributed by atoms with van der Waals surface area (Å²) in [7, 11) is 0. The van der Waals surface area contributed by atoms with Gasteiger partial charge >= 0.3 is 12.0 Å². The Morgan fingerprint density at radius 1 is 1.32 bits per heavy atom. The molecule has 1 rings (SSSR count). The smallest absolute Gasteiger partial charge is 0.326 e. The number of carboxylic acids is 1. The molecule has 1 unspecified atom stereocenters. The lowest BCUT2D eigenvalue weighted by Crippen LogP contribution is -2.51. The summed E-state index contributed by atoms with van der Waals surface area (Å²) >= 11 is 0.